The molecule has 3 N–H and O–H groups in total. The minimum atomic E-state index is -3.93. The zero-order chi connectivity index (χ0) is 14.0. The molecular formula is C12H12FN3O2S. The van der Waals surface area contributed by atoms with Crippen LogP contribution in [0.1, 0.15) is 5.56 Å². The van der Waals surface area contributed by atoms with E-state index in [-0.39, 0.29) is 16.4 Å². The smallest absolute Gasteiger partial charge is 0.281 e. The summed E-state index contributed by atoms with van der Waals surface area (Å²) in [5.74, 6) is -0.522. The number of benzene rings is 1. The molecule has 1 aromatic heterocycles. The number of sulfonamides is 1. The van der Waals surface area contributed by atoms with Gasteiger partial charge in [0, 0.05) is 6.20 Å². The van der Waals surface area contributed by atoms with Gasteiger partial charge in [-0.2, -0.15) is 8.42 Å². The predicted octanol–water partition coefficient (Wildman–Crippen LogP) is 1.91. The number of aryl methyl sites for hydroxylation is 1. The Kier molecular flexibility index (Phi) is 3.39. The standard InChI is InChI=1S/C12H12FN3O2S/c1-8-5-9(13)7-10(6-8)16-19(17,18)12-11(14)3-2-4-15-12/h2-7,16H,14H2,1H3. The maximum atomic E-state index is 13.2. The lowest BCUT2D eigenvalue weighted by atomic mass is 10.2. The first-order chi connectivity index (χ1) is 8.88. The molecule has 0 saturated heterocycles. The second kappa shape index (κ2) is 4.85. The summed E-state index contributed by atoms with van der Waals surface area (Å²) in [7, 11) is -3.93. The van der Waals surface area contributed by atoms with Crippen LogP contribution in [0.15, 0.2) is 41.6 Å². The second-order valence-corrected chi connectivity index (χ2v) is 5.62. The van der Waals surface area contributed by atoms with Crippen molar-refractivity contribution >= 4 is 21.4 Å². The molecule has 0 amide bonds. The van der Waals surface area contributed by atoms with Gasteiger partial charge in [-0.1, -0.05) is 0 Å². The van der Waals surface area contributed by atoms with Crippen LogP contribution in [0.4, 0.5) is 15.8 Å². The molecular weight excluding hydrogens is 269 g/mol. The minimum absolute atomic E-state index is 0.0307. The molecule has 0 fully saturated rings. The van der Waals surface area contributed by atoms with Gasteiger partial charge in [0.25, 0.3) is 10.0 Å². The molecule has 1 aromatic carbocycles. The van der Waals surface area contributed by atoms with E-state index in [4.69, 9.17) is 5.73 Å². The van der Waals surface area contributed by atoms with E-state index >= 15 is 0 Å². The molecule has 2 aromatic rings. The zero-order valence-corrected chi connectivity index (χ0v) is 10.9. The number of aromatic nitrogens is 1. The SMILES string of the molecule is Cc1cc(F)cc(NS(=O)(=O)c2ncccc2N)c1. The van der Waals surface area contributed by atoms with Crippen molar-refractivity contribution in [2.45, 2.75) is 11.9 Å². The molecule has 19 heavy (non-hydrogen) atoms. The monoisotopic (exact) mass is 281 g/mol. The Morgan fingerprint density at radius 3 is 2.68 bits per heavy atom. The maximum absolute atomic E-state index is 13.2. The number of nitrogen functional groups attached to an aromatic ring is 1. The van der Waals surface area contributed by atoms with Crippen LogP contribution in [0.5, 0.6) is 0 Å². The summed E-state index contributed by atoms with van der Waals surface area (Å²) in [6, 6.07) is 6.86. The lowest BCUT2D eigenvalue weighted by Crippen LogP contribution is -2.16. The van der Waals surface area contributed by atoms with Crippen molar-refractivity contribution in [1.82, 2.24) is 4.98 Å². The normalized spacial score (nSPS) is 11.3. The topological polar surface area (TPSA) is 85.1 Å². The van der Waals surface area contributed by atoms with Crippen LogP contribution in [-0.2, 0) is 10.0 Å². The van der Waals surface area contributed by atoms with Crippen molar-refractivity contribution in [1.29, 1.82) is 0 Å². The first-order valence-corrected chi connectivity index (χ1v) is 6.87. The van der Waals surface area contributed by atoms with Gasteiger partial charge < -0.3 is 5.73 Å². The van der Waals surface area contributed by atoms with Gasteiger partial charge in [0.15, 0.2) is 5.03 Å². The summed E-state index contributed by atoms with van der Waals surface area (Å²) in [4.78, 5) is 3.72. The number of nitrogens with zero attached hydrogens (tertiary/aromatic N) is 1. The van der Waals surface area contributed by atoms with Crippen molar-refractivity contribution in [3.05, 3.63) is 47.9 Å². The molecule has 0 atom stereocenters. The molecule has 2 rings (SSSR count). The molecule has 0 aliphatic heterocycles. The van der Waals surface area contributed by atoms with E-state index < -0.39 is 15.8 Å². The molecule has 0 aliphatic rings. The Balaban J connectivity index is 2.39. The Labute approximate surface area is 110 Å². The number of pyridine rings is 1. The van der Waals surface area contributed by atoms with Gasteiger partial charge in [0.2, 0.25) is 0 Å². The number of anilines is 2. The van der Waals surface area contributed by atoms with Crippen molar-refractivity contribution in [2.24, 2.45) is 0 Å². The van der Waals surface area contributed by atoms with E-state index in [2.05, 4.69) is 9.71 Å². The fraction of sp³-hybridized carbons (Fsp3) is 0.0833. The van der Waals surface area contributed by atoms with Crippen LogP contribution in [0.25, 0.3) is 0 Å². The highest BCUT2D eigenvalue weighted by atomic mass is 32.2. The average Bonchev–Trinajstić information content (AvgIpc) is 2.26. The van der Waals surface area contributed by atoms with E-state index in [1.54, 1.807) is 6.92 Å². The maximum Gasteiger partial charge on any atom is 0.281 e. The molecule has 0 spiro atoms. The largest absolute Gasteiger partial charge is 0.396 e. The summed E-state index contributed by atoms with van der Waals surface area (Å²) in [6.07, 6.45) is 1.32. The van der Waals surface area contributed by atoms with E-state index in [1.165, 1.54) is 30.5 Å². The second-order valence-electron chi connectivity index (χ2n) is 4.02. The van der Waals surface area contributed by atoms with Gasteiger partial charge in [-0.3, -0.25) is 4.72 Å². The predicted molar refractivity (Wildman–Crippen MR) is 70.6 cm³/mol. The van der Waals surface area contributed by atoms with Gasteiger partial charge in [-0.05, 0) is 42.8 Å². The Morgan fingerprint density at radius 2 is 2.05 bits per heavy atom. The first kappa shape index (κ1) is 13.3. The summed E-state index contributed by atoms with van der Waals surface area (Å²) in [6.45, 7) is 1.66. The summed E-state index contributed by atoms with van der Waals surface area (Å²) < 4.78 is 39.6. The highest BCUT2D eigenvalue weighted by Gasteiger charge is 2.19. The van der Waals surface area contributed by atoms with Gasteiger partial charge in [-0.15, -0.1) is 0 Å². The minimum Gasteiger partial charge on any atom is -0.396 e. The lowest BCUT2D eigenvalue weighted by Gasteiger charge is -2.09. The number of hydrogen-bond acceptors (Lipinski definition) is 4. The van der Waals surface area contributed by atoms with E-state index in [0.29, 0.717) is 5.56 Å². The molecule has 5 nitrogen and oxygen atoms in total. The molecule has 0 bridgehead atoms. The van der Waals surface area contributed by atoms with E-state index in [9.17, 15) is 12.8 Å². The summed E-state index contributed by atoms with van der Waals surface area (Å²) in [5.41, 5.74) is 6.33. The summed E-state index contributed by atoms with van der Waals surface area (Å²) >= 11 is 0. The van der Waals surface area contributed by atoms with Gasteiger partial charge in [0.05, 0.1) is 11.4 Å². The Hall–Kier alpha value is -2.15. The quantitative estimate of drug-likeness (QED) is 0.900. The van der Waals surface area contributed by atoms with Crippen molar-refractivity contribution in [3.8, 4) is 0 Å². The van der Waals surface area contributed by atoms with Gasteiger partial charge >= 0.3 is 0 Å². The molecule has 7 heteroatoms. The highest BCUT2D eigenvalue weighted by Crippen LogP contribution is 2.20. The zero-order valence-electron chi connectivity index (χ0n) is 10.1. The van der Waals surface area contributed by atoms with Crippen molar-refractivity contribution < 1.29 is 12.8 Å². The van der Waals surface area contributed by atoms with E-state index in [0.717, 1.165) is 6.07 Å². The third kappa shape index (κ3) is 3.00. The van der Waals surface area contributed by atoms with Crippen LogP contribution >= 0.6 is 0 Å². The average molecular weight is 281 g/mol. The van der Waals surface area contributed by atoms with Gasteiger partial charge in [0.1, 0.15) is 5.82 Å². The molecule has 0 saturated carbocycles. The number of nitrogens with one attached hydrogen (secondary N) is 1. The molecule has 0 unspecified atom stereocenters. The molecule has 1 heterocycles. The van der Waals surface area contributed by atoms with Crippen LogP contribution in [-0.4, -0.2) is 13.4 Å². The van der Waals surface area contributed by atoms with Gasteiger partial charge in [-0.25, -0.2) is 9.37 Å². The molecule has 0 radical (unpaired) electrons. The third-order valence-corrected chi connectivity index (χ3v) is 3.70. The number of rotatable bonds is 3. The van der Waals surface area contributed by atoms with Crippen molar-refractivity contribution in [2.75, 3.05) is 10.5 Å². The number of hydrogen-bond donors (Lipinski definition) is 2. The van der Waals surface area contributed by atoms with Crippen LogP contribution in [0.2, 0.25) is 0 Å². The van der Waals surface area contributed by atoms with Crippen LogP contribution < -0.4 is 10.5 Å². The Morgan fingerprint density at radius 1 is 1.32 bits per heavy atom. The Bertz CT molecular complexity index is 696. The summed E-state index contributed by atoms with van der Waals surface area (Å²) in [5, 5.41) is -0.281. The van der Waals surface area contributed by atoms with Crippen LogP contribution in [0.3, 0.4) is 0 Å². The molecule has 100 valence electrons. The fourth-order valence-electron chi connectivity index (χ4n) is 1.63. The molecule has 0 aliphatic carbocycles. The number of halogens is 1. The van der Waals surface area contributed by atoms with Crippen LogP contribution in [0, 0.1) is 12.7 Å². The fourth-order valence-corrected chi connectivity index (χ4v) is 2.73. The lowest BCUT2D eigenvalue weighted by molar-refractivity contribution is 0.598. The third-order valence-electron chi connectivity index (χ3n) is 2.35. The van der Waals surface area contributed by atoms with E-state index in [1.807, 2.05) is 0 Å². The number of nitrogens with two attached hydrogens (primary N) is 1. The highest BCUT2D eigenvalue weighted by molar-refractivity contribution is 7.92. The van der Waals surface area contributed by atoms with Crippen molar-refractivity contribution in [3.63, 3.8) is 0 Å². The first-order valence-electron chi connectivity index (χ1n) is 5.39.